The van der Waals surface area contributed by atoms with Crippen LogP contribution in [0.2, 0.25) is 0 Å². The third-order valence-corrected chi connectivity index (χ3v) is 9.37. The van der Waals surface area contributed by atoms with Crippen molar-refractivity contribution in [1.82, 2.24) is 19.1 Å². The standard InChI is InChI=1S/C24H29N5O3S/c1-15-4-2-3-5-19(15)29-20-10-11-25-24(30)22(20)23(27-29)26-18-8-9-21-17(12-18)14-28(33(21,31)32)13-16-6-7-16/h8-12,15-16,19H,2-7,13-14H2,1H3,(H,25,30)(H,26,27)/t15-,19-/m0/s1. The molecule has 1 aromatic carbocycles. The molecule has 2 atom stereocenters. The van der Waals surface area contributed by atoms with Crippen LogP contribution in [0.25, 0.3) is 10.9 Å². The molecule has 2 N–H and O–H groups in total. The third kappa shape index (κ3) is 3.58. The van der Waals surface area contributed by atoms with Crippen molar-refractivity contribution in [2.24, 2.45) is 11.8 Å². The number of pyridine rings is 1. The molecule has 0 spiro atoms. The molecule has 0 saturated heterocycles. The van der Waals surface area contributed by atoms with Gasteiger partial charge in [-0.15, -0.1) is 0 Å². The molecule has 0 radical (unpaired) electrons. The summed E-state index contributed by atoms with van der Waals surface area (Å²) in [6.45, 7) is 3.26. The van der Waals surface area contributed by atoms with Gasteiger partial charge in [-0.2, -0.15) is 9.40 Å². The number of benzene rings is 1. The largest absolute Gasteiger partial charge is 0.338 e. The number of sulfonamides is 1. The third-order valence-electron chi connectivity index (χ3n) is 7.46. The van der Waals surface area contributed by atoms with Crippen LogP contribution in [0.4, 0.5) is 11.5 Å². The fraction of sp³-hybridized carbons (Fsp3) is 0.500. The van der Waals surface area contributed by atoms with Crippen molar-refractivity contribution in [3.63, 3.8) is 0 Å². The monoisotopic (exact) mass is 467 g/mol. The van der Waals surface area contributed by atoms with Gasteiger partial charge >= 0.3 is 0 Å². The molecular formula is C24H29N5O3S. The van der Waals surface area contributed by atoms with Gasteiger partial charge in [0.15, 0.2) is 5.82 Å². The van der Waals surface area contributed by atoms with Crippen LogP contribution in [0.15, 0.2) is 40.2 Å². The second-order valence-corrected chi connectivity index (χ2v) is 11.8. The summed E-state index contributed by atoms with van der Waals surface area (Å²) < 4.78 is 29.4. The summed E-state index contributed by atoms with van der Waals surface area (Å²) >= 11 is 0. The number of aromatic nitrogens is 3. The predicted molar refractivity (Wildman–Crippen MR) is 127 cm³/mol. The minimum atomic E-state index is -3.42. The van der Waals surface area contributed by atoms with Gasteiger partial charge in [0.1, 0.15) is 5.39 Å². The van der Waals surface area contributed by atoms with Crippen molar-refractivity contribution in [3.8, 4) is 0 Å². The van der Waals surface area contributed by atoms with Gasteiger partial charge < -0.3 is 10.3 Å². The van der Waals surface area contributed by atoms with E-state index in [0.717, 1.165) is 42.5 Å². The van der Waals surface area contributed by atoms with Crippen LogP contribution in [0.1, 0.15) is 57.1 Å². The van der Waals surface area contributed by atoms with Gasteiger partial charge in [-0.05, 0) is 67.3 Å². The van der Waals surface area contributed by atoms with Gasteiger partial charge in [-0.1, -0.05) is 19.8 Å². The zero-order valence-corrected chi connectivity index (χ0v) is 19.6. The lowest BCUT2D eigenvalue weighted by Gasteiger charge is -2.29. The minimum Gasteiger partial charge on any atom is -0.338 e. The molecule has 1 aliphatic heterocycles. The van der Waals surface area contributed by atoms with Crippen LogP contribution in [0.5, 0.6) is 0 Å². The number of H-pyrrole nitrogens is 1. The highest BCUT2D eigenvalue weighted by Gasteiger charge is 2.38. The van der Waals surface area contributed by atoms with E-state index in [-0.39, 0.29) is 11.6 Å². The SMILES string of the molecule is C[C@H]1CCCC[C@@H]1n1nc(Nc2ccc3c(c2)CN(CC2CC2)S3(=O)=O)c2c(=O)[nH]ccc21. The number of rotatable bonds is 5. The molecule has 0 amide bonds. The summed E-state index contributed by atoms with van der Waals surface area (Å²) in [6.07, 6.45) is 8.51. The van der Waals surface area contributed by atoms with E-state index in [1.807, 2.05) is 16.8 Å². The van der Waals surface area contributed by atoms with E-state index in [0.29, 0.717) is 41.0 Å². The van der Waals surface area contributed by atoms with E-state index in [1.165, 1.54) is 12.8 Å². The van der Waals surface area contributed by atoms with Crippen LogP contribution in [-0.4, -0.2) is 34.0 Å². The second kappa shape index (κ2) is 7.70. The number of nitrogens with one attached hydrogen (secondary N) is 2. The van der Waals surface area contributed by atoms with Crippen molar-refractivity contribution >= 4 is 32.4 Å². The van der Waals surface area contributed by atoms with Crippen molar-refractivity contribution in [1.29, 1.82) is 0 Å². The Morgan fingerprint density at radius 1 is 1.15 bits per heavy atom. The van der Waals surface area contributed by atoms with Crippen LogP contribution in [0, 0.1) is 11.8 Å². The minimum absolute atomic E-state index is 0.177. The smallest absolute Gasteiger partial charge is 0.261 e. The molecule has 8 nitrogen and oxygen atoms in total. The molecule has 0 unspecified atom stereocenters. The molecule has 3 heterocycles. The van der Waals surface area contributed by atoms with Crippen molar-refractivity contribution in [3.05, 3.63) is 46.4 Å². The highest BCUT2D eigenvalue weighted by atomic mass is 32.2. The van der Waals surface area contributed by atoms with Gasteiger partial charge in [0.25, 0.3) is 5.56 Å². The summed E-state index contributed by atoms with van der Waals surface area (Å²) in [4.78, 5) is 15.9. The topological polar surface area (TPSA) is 100 Å². The Balaban J connectivity index is 1.36. The first kappa shape index (κ1) is 20.9. The van der Waals surface area contributed by atoms with E-state index in [1.54, 1.807) is 22.6 Å². The van der Waals surface area contributed by atoms with Gasteiger partial charge in [0, 0.05) is 25.0 Å². The number of aromatic amines is 1. The van der Waals surface area contributed by atoms with Crippen molar-refractivity contribution < 1.29 is 8.42 Å². The van der Waals surface area contributed by atoms with Gasteiger partial charge in [0.05, 0.1) is 16.5 Å². The average molecular weight is 468 g/mol. The van der Waals surface area contributed by atoms with Crippen molar-refractivity contribution in [2.45, 2.75) is 62.9 Å². The first-order valence-electron chi connectivity index (χ1n) is 11.9. The molecule has 2 aliphatic carbocycles. The number of fused-ring (bicyclic) bond motifs is 2. The van der Waals surface area contributed by atoms with Crippen LogP contribution in [-0.2, 0) is 16.6 Å². The molecule has 2 saturated carbocycles. The Morgan fingerprint density at radius 3 is 2.76 bits per heavy atom. The number of anilines is 2. The Morgan fingerprint density at radius 2 is 1.97 bits per heavy atom. The molecule has 174 valence electrons. The van der Waals surface area contributed by atoms with E-state index in [9.17, 15) is 13.2 Å². The van der Waals surface area contributed by atoms with Gasteiger partial charge in [0.2, 0.25) is 10.0 Å². The number of hydrogen-bond acceptors (Lipinski definition) is 5. The van der Waals surface area contributed by atoms with Gasteiger partial charge in [-0.25, -0.2) is 8.42 Å². The Hall–Kier alpha value is -2.65. The summed E-state index contributed by atoms with van der Waals surface area (Å²) in [5.74, 6) is 1.51. The lowest BCUT2D eigenvalue weighted by atomic mass is 9.86. The van der Waals surface area contributed by atoms with Crippen LogP contribution >= 0.6 is 0 Å². The van der Waals surface area contributed by atoms with Crippen LogP contribution in [0.3, 0.4) is 0 Å². The average Bonchev–Trinajstić information content (AvgIpc) is 3.48. The molecule has 3 aromatic rings. The molecule has 33 heavy (non-hydrogen) atoms. The highest BCUT2D eigenvalue weighted by Crippen LogP contribution is 2.39. The molecular weight excluding hydrogens is 438 g/mol. The molecule has 0 bridgehead atoms. The Bertz CT molecular complexity index is 1390. The molecule has 2 aromatic heterocycles. The summed E-state index contributed by atoms with van der Waals surface area (Å²) in [5, 5.41) is 8.72. The quantitative estimate of drug-likeness (QED) is 0.588. The number of hydrogen-bond donors (Lipinski definition) is 2. The van der Waals surface area contributed by atoms with E-state index >= 15 is 0 Å². The first-order chi connectivity index (χ1) is 15.9. The van der Waals surface area contributed by atoms with Crippen LogP contribution < -0.4 is 10.9 Å². The zero-order valence-electron chi connectivity index (χ0n) is 18.8. The molecule has 6 rings (SSSR count). The zero-order chi connectivity index (χ0) is 22.7. The summed E-state index contributed by atoms with van der Waals surface area (Å²) in [5.41, 5.74) is 2.19. The Labute approximate surface area is 193 Å². The summed E-state index contributed by atoms with van der Waals surface area (Å²) in [6, 6.07) is 7.50. The molecule has 3 aliphatic rings. The molecule has 9 heteroatoms. The van der Waals surface area contributed by atoms with Gasteiger partial charge in [-0.3, -0.25) is 9.48 Å². The first-order valence-corrected chi connectivity index (χ1v) is 13.4. The normalized spacial score (nSPS) is 24.8. The van der Waals surface area contributed by atoms with Crippen molar-refractivity contribution in [2.75, 3.05) is 11.9 Å². The predicted octanol–water partition coefficient (Wildman–Crippen LogP) is 4.13. The van der Waals surface area contributed by atoms with E-state index < -0.39 is 10.0 Å². The summed E-state index contributed by atoms with van der Waals surface area (Å²) in [7, 11) is -3.42. The maximum absolute atomic E-state index is 12.9. The number of nitrogens with zero attached hydrogens (tertiary/aromatic N) is 3. The highest BCUT2D eigenvalue weighted by molar-refractivity contribution is 7.89. The Kier molecular flexibility index (Phi) is 4.88. The van der Waals surface area contributed by atoms with E-state index in [4.69, 9.17) is 5.10 Å². The fourth-order valence-corrected chi connectivity index (χ4v) is 7.12. The fourth-order valence-electron chi connectivity index (χ4n) is 5.43. The second-order valence-electron chi connectivity index (χ2n) is 9.88. The lowest BCUT2D eigenvalue weighted by Crippen LogP contribution is -2.26. The maximum atomic E-state index is 12.9. The van der Waals surface area contributed by atoms with E-state index in [2.05, 4.69) is 17.2 Å². The maximum Gasteiger partial charge on any atom is 0.261 e. The lowest BCUT2D eigenvalue weighted by molar-refractivity contribution is 0.246. The molecule has 2 fully saturated rings.